The fourth-order valence-electron chi connectivity index (χ4n) is 1.55. The Kier molecular flexibility index (Phi) is 2.49. The molecule has 1 heterocycles. The van der Waals surface area contributed by atoms with E-state index in [1.807, 2.05) is 0 Å². The van der Waals surface area contributed by atoms with Gasteiger partial charge in [0.2, 0.25) is 0 Å². The molecular formula is C11H14N2O2. The number of benzene rings is 1. The number of nitrogens with zero attached hydrogens (tertiary/aromatic N) is 1. The van der Waals surface area contributed by atoms with Crippen LogP contribution in [-0.2, 0) is 6.42 Å². The molecule has 4 nitrogen and oxygen atoms in total. The lowest BCUT2D eigenvalue weighted by Gasteiger charge is -1.94. The number of phenolic OH excluding ortho intramolecular Hbond substituents is 2. The number of phenols is 2. The van der Waals surface area contributed by atoms with Crippen LogP contribution in [0.3, 0.4) is 0 Å². The first kappa shape index (κ1) is 9.83. The number of aromatic amines is 1. The number of aryl methyl sites for hydroxylation is 1. The van der Waals surface area contributed by atoms with Gasteiger partial charge < -0.3 is 15.2 Å². The standard InChI is InChI=1S/C11H14N2O2/c1-2-3-4-11-12-7-5-9(14)10(15)6-8(7)13-11/h5-6,14-15H,2-4H2,1H3,(H,12,13). The summed E-state index contributed by atoms with van der Waals surface area (Å²) in [4.78, 5) is 7.44. The molecule has 4 heteroatoms. The molecule has 1 aromatic carbocycles. The molecule has 0 radical (unpaired) electrons. The molecule has 0 atom stereocenters. The Balaban J connectivity index is 2.38. The molecule has 2 aromatic rings. The smallest absolute Gasteiger partial charge is 0.159 e. The second-order valence-corrected chi connectivity index (χ2v) is 3.65. The van der Waals surface area contributed by atoms with Crippen LogP contribution < -0.4 is 0 Å². The van der Waals surface area contributed by atoms with Gasteiger partial charge in [-0.1, -0.05) is 13.3 Å². The number of hydrogen-bond acceptors (Lipinski definition) is 3. The summed E-state index contributed by atoms with van der Waals surface area (Å²) in [5.74, 6) is 0.654. The number of H-pyrrole nitrogens is 1. The quantitative estimate of drug-likeness (QED) is 0.675. The zero-order chi connectivity index (χ0) is 10.8. The Labute approximate surface area is 87.6 Å². The fourth-order valence-corrected chi connectivity index (χ4v) is 1.55. The highest BCUT2D eigenvalue weighted by molar-refractivity contribution is 5.79. The number of aromatic nitrogens is 2. The van der Waals surface area contributed by atoms with Crippen molar-refractivity contribution >= 4 is 11.0 Å². The summed E-state index contributed by atoms with van der Waals surface area (Å²) in [7, 11) is 0. The molecular weight excluding hydrogens is 192 g/mol. The van der Waals surface area contributed by atoms with Gasteiger partial charge in [0, 0.05) is 18.6 Å². The third kappa shape index (κ3) is 1.88. The minimum Gasteiger partial charge on any atom is -0.504 e. The van der Waals surface area contributed by atoms with Crippen molar-refractivity contribution < 1.29 is 10.2 Å². The zero-order valence-corrected chi connectivity index (χ0v) is 8.62. The number of imidazole rings is 1. The summed E-state index contributed by atoms with van der Waals surface area (Å²) >= 11 is 0. The first-order valence-electron chi connectivity index (χ1n) is 5.11. The summed E-state index contributed by atoms with van der Waals surface area (Å²) in [6, 6.07) is 2.96. The van der Waals surface area contributed by atoms with Crippen LogP contribution in [0.5, 0.6) is 11.5 Å². The Morgan fingerprint density at radius 1 is 1.27 bits per heavy atom. The van der Waals surface area contributed by atoms with Crippen LogP contribution in [-0.4, -0.2) is 20.2 Å². The molecule has 0 spiro atoms. The Morgan fingerprint density at radius 2 is 2.00 bits per heavy atom. The SMILES string of the molecule is CCCCc1nc2cc(O)c(O)cc2[nH]1. The highest BCUT2D eigenvalue weighted by Crippen LogP contribution is 2.28. The maximum atomic E-state index is 9.30. The van der Waals surface area contributed by atoms with E-state index < -0.39 is 0 Å². The molecule has 0 bridgehead atoms. The molecule has 0 fully saturated rings. The van der Waals surface area contributed by atoms with Gasteiger partial charge >= 0.3 is 0 Å². The summed E-state index contributed by atoms with van der Waals surface area (Å²) in [5, 5.41) is 18.6. The van der Waals surface area contributed by atoms with Gasteiger partial charge in [0.15, 0.2) is 11.5 Å². The molecule has 0 saturated heterocycles. The average molecular weight is 206 g/mol. The maximum absolute atomic E-state index is 9.30. The van der Waals surface area contributed by atoms with E-state index in [4.69, 9.17) is 0 Å². The molecule has 80 valence electrons. The average Bonchev–Trinajstić information content (AvgIpc) is 2.58. The van der Waals surface area contributed by atoms with E-state index in [0.29, 0.717) is 5.52 Å². The van der Waals surface area contributed by atoms with Crippen molar-refractivity contribution in [1.82, 2.24) is 9.97 Å². The Morgan fingerprint density at radius 3 is 2.73 bits per heavy atom. The summed E-state index contributed by atoms with van der Waals surface area (Å²) in [6.45, 7) is 2.13. The van der Waals surface area contributed by atoms with Crippen molar-refractivity contribution in [2.45, 2.75) is 26.2 Å². The van der Waals surface area contributed by atoms with Gasteiger partial charge in [0.25, 0.3) is 0 Å². The van der Waals surface area contributed by atoms with Gasteiger partial charge in [-0.2, -0.15) is 0 Å². The van der Waals surface area contributed by atoms with Crippen molar-refractivity contribution in [1.29, 1.82) is 0 Å². The van der Waals surface area contributed by atoms with Crippen LogP contribution in [0.4, 0.5) is 0 Å². The summed E-state index contributed by atoms with van der Waals surface area (Å²) in [6.07, 6.45) is 3.10. The van der Waals surface area contributed by atoms with Gasteiger partial charge in [0.05, 0.1) is 11.0 Å². The van der Waals surface area contributed by atoms with Gasteiger partial charge in [0.1, 0.15) is 5.82 Å². The first-order valence-corrected chi connectivity index (χ1v) is 5.11. The van der Waals surface area contributed by atoms with E-state index in [9.17, 15) is 10.2 Å². The third-order valence-corrected chi connectivity index (χ3v) is 2.39. The third-order valence-electron chi connectivity index (χ3n) is 2.39. The molecule has 0 aliphatic rings. The predicted octanol–water partition coefficient (Wildman–Crippen LogP) is 2.32. The molecule has 0 saturated carbocycles. The topological polar surface area (TPSA) is 69.1 Å². The number of fused-ring (bicyclic) bond motifs is 1. The molecule has 15 heavy (non-hydrogen) atoms. The number of rotatable bonds is 3. The zero-order valence-electron chi connectivity index (χ0n) is 8.62. The lowest BCUT2D eigenvalue weighted by Crippen LogP contribution is -1.86. The highest BCUT2D eigenvalue weighted by atomic mass is 16.3. The number of hydrogen-bond donors (Lipinski definition) is 3. The second kappa shape index (κ2) is 3.81. The monoisotopic (exact) mass is 206 g/mol. The van der Waals surface area contributed by atoms with Crippen LogP contribution in [0, 0.1) is 0 Å². The molecule has 3 N–H and O–H groups in total. The molecule has 0 unspecified atom stereocenters. The summed E-state index contributed by atoms with van der Waals surface area (Å²) in [5.41, 5.74) is 1.45. The Bertz CT molecular complexity index is 438. The van der Waals surface area contributed by atoms with Crippen LogP contribution in [0.25, 0.3) is 11.0 Å². The van der Waals surface area contributed by atoms with Crippen LogP contribution in [0.1, 0.15) is 25.6 Å². The van der Waals surface area contributed by atoms with Crippen molar-refractivity contribution in [2.75, 3.05) is 0 Å². The summed E-state index contributed by atoms with van der Waals surface area (Å²) < 4.78 is 0. The molecule has 0 aliphatic heterocycles. The fraction of sp³-hybridized carbons (Fsp3) is 0.364. The van der Waals surface area contributed by atoms with Crippen LogP contribution >= 0.6 is 0 Å². The molecule has 1 aromatic heterocycles. The van der Waals surface area contributed by atoms with Gasteiger partial charge in [-0.3, -0.25) is 0 Å². The minimum absolute atomic E-state index is 0.117. The Hall–Kier alpha value is -1.71. The van der Waals surface area contributed by atoms with E-state index >= 15 is 0 Å². The lowest BCUT2D eigenvalue weighted by molar-refractivity contribution is 0.405. The van der Waals surface area contributed by atoms with E-state index in [1.54, 1.807) is 0 Å². The molecule has 0 amide bonds. The largest absolute Gasteiger partial charge is 0.504 e. The van der Waals surface area contributed by atoms with Gasteiger partial charge in [-0.15, -0.1) is 0 Å². The van der Waals surface area contributed by atoms with Crippen molar-refractivity contribution in [2.24, 2.45) is 0 Å². The lowest BCUT2D eigenvalue weighted by atomic mass is 10.2. The van der Waals surface area contributed by atoms with Gasteiger partial charge in [-0.25, -0.2) is 4.98 Å². The normalized spacial score (nSPS) is 11.0. The second-order valence-electron chi connectivity index (χ2n) is 3.65. The van der Waals surface area contributed by atoms with Crippen molar-refractivity contribution in [3.05, 3.63) is 18.0 Å². The highest BCUT2D eigenvalue weighted by Gasteiger charge is 2.06. The van der Waals surface area contributed by atoms with Gasteiger partial charge in [-0.05, 0) is 6.42 Å². The number of unbranched alkanes of at least 4 members (excludes halogenated alkanes) is 1. The van der Waals surface area contributed by atoms with E-state index in [0.717, 1.165) is 30.6 Å². The molecule has 2 rings (SSSR count). The van der Waals surface area contributed by atoms with E-state index in [1.165, 1.54) is 12.1 Å². The van der Waals surface area contributed by atoms with E-state index in [-0.39, 0.29) is 11.5 Å². The minimum atomic E-state index is -0.129. The van der Waals surface area contributed by atoms with Crippen LogP contribution in [0.2, 0.25) is 0 Å². The van der Waals surface area contributed by atoms with Crippen molar-refractivity contribution in [3.8, 4) is 11.5 Å². The van der Waals surface area contributed by atoms with E-state index in [2.05, 4.69) is 16.9 Å². The predicted molar refractivity (Wildman–Crippen MR) is 58.0 cm³/mol. The van der Waals surface area contributed by atoms with Crippen LogP contribution in [0.15, 0.2) is 12.1 Å². The first-order chi connectivity index (χ1) is 7.20. The van der Waals surface area contributed by atoms with Crippen molar-refractivity contribution in [3.63, 3.8) is 0 Å². The maximum Gasteiger partial charge on any atom is 0.159 e. The molecule has 0 aliphatic carbocycles. The number of aromatic hydroxyl groups is 2. The number of nitrogens with one attached hydrogen (secondary N) is 1.